The van der Waals surface area contributed by atoms with Gasteiger partial charge < -0.3 is 10.6 Å². The highest BCUT2D eigenvalue weighted by atomic mass is 15.2. The van der Waals surface area contributed by atoms with Crippen molar-refractivity contribution in [2.24, 2.45) is 16.8 Å². The second-order valence-electron chi connectivity index (χ2n) is 3.76. The van der Waals surface area contributed by atoms with Crippen molar-refractivity contribution in [3.05, 3.63) is 0 Å². The summed E-state index contributed by atoms with van der Waals surface area (Å²) in [7, 11) is 0. The molecule has 0 radical (unpaired) electrons. The maximum absolute atomic E-state index is 4.26. The van der Waals surface area contributed by atoms with E-state index in [9.17, 15) is 0 Å². The first-order valence-corrected chi connectivity index (χ1v) is 4.72. The maximum atomic E-state index is 4.26. The molecule has 0 saturated carbocycles. The Morgan fingerprint density at radius 3 is 2.75 bits per heavy atom. The van der Waals surface area contributed by atoms with Crippen molar-refractivity contribution in [2.45, 2.75) is 20.8 Å². The van der Waals surface area contributed by atoms with Crippen molar-refractivity contribution in [2.75, 3.05) is 19.6 Å². The predicted molar refractivity (Wildman–Crippen MR) is 52.3 cm³/mol. The average Bonchev–Trinajstić information content (AvgIpc) is 2.51. The molecule has 0 spiro atoms. The molecule has 3 heteroatoms. The van der Waals surface area contributed by atoms with Gasteiger partial charge in [-0.3, -0.25) is 4.99 Å². The molecule has 0 amide bonds. The maximum Gasteiger partial charge on any atom is 0.191 e. The third-order valence-electron chi connectivity index (χ3n) is 2.40. The molecule has 1 atom stereocenters. The standard InChI is InChI=1S/C9H19N3/c1-7(2)8(3)6-12-9-10-4-5-11-9/h7-8H,4-6H2,1-3H3,(H2,10,11,12). The van der Waals surface area contributed by atoms with Gasteiger partial charge in [-0.1, -0.05) is 20.8 Å². The fourth-order valence-electron chi connectivity index (χ4n) is 1.01. The van der Waals surface area contributed by atoms with Crippen LogP contribution in [0.5, 0.6) is 0 Å². The van der Waals surface area contributed by atoms with Crippen LogP contribution in [0, 0.1) is 11.8 Å². The zero-order chi connectivity index (χ0) is 8.97. The number of guanidine groups is 1. The van der Waals surface area contributed by atoms with Gasteiger partial charge >= 0.3 is 0 Å². The Balaban J connectivity index is 2.16. The summed E-state index contributed by atoms with van der Waals surface area (Å²) in [6.45, 7) is 9.67. The SMILES string of the molecule is CC(C)C(C)CNC1=NCCN1. The minimum Gasteiger partial charge on any atom is -0.356 e. The molecule has 1 aliphatic rings. The molecule has 1 rings (SSSR count). The molecule has 0 fully saturated rings. The lowest BCUT2D eigenvalue weighted by molar-refractivity contribution is 0.414. The molecule has 0 saturated heterocycles. The topological polar surface area (TPSA) is 36.4 Å². The molecule has 1 unspecified atom stereocenters. The van der Waals surface area contributed by atoms with Crippen molar-refractivity contribution in [3.63, 3.8) is 0 Å². The summed E-state index contributed by atoms with van der Waals surface area (Å²) in [5.74, 6) is 2.41. The summed E-state index contributed by atoms with van der Waals surface area (Å²) in [6.07, 6.45) is 0. The van der Waals surface area contributed by atoms with Gasteiger partial charge in [-0.2, -0.15) is 0 Å². The Labute approximate surface area is 74.6 Å². The smallest absolute Gasteiger partial charge is 0.191 e. The summed E-state index contributed by atoms with van der Waals surface area (Å²) in [5, 5.41) is 6.49. The molecule has 2 N–H and O–H groups in total. The highest BCUT2D eigenvalue weighted by Crippen LogP contribution is 2.07. The number of nitrogens with zero attached hydrogens (tertiary/aromatic N) is 1. The van der Waals surface area contributed by atoms with Crippen LogP contribution in [0.1, 0.15) is 20.8 Å². The van der Waals surface area contributed by atoms with E-state index in [1.165, 1.54) is 0 Å². The van der Waals surface area contributed by atoms with E-state index in [-0.39, 0.29) is 0 Å². The Morgan fingerprint density at radius 2 is 2.25 bits per heavy atom. The zero-order valence-corrected chi connectivity index (χ0v) is 8.22. The first kappa shape index (κ1) is 9.36. The van der Waals surface area contributed by atoms with Gasteiger partial charge in [-0.25, -0.2) is 0 Å². The van der Waals surface area contributed by atoms with E-state index in [4.69, 9.17) is 0 Å². The van der Waals surface area contributed by atoms with E-state index in [2.05, 4.69) is 36.4 Å². The van der Waals surface area contributed by atoms with E-state index >= 15 is 0 Å². The van der Waals surface area contributed by atoms with Crippen molar-refractivity contribution in [1.82, 2.24) is 10.6 Å². The zero-order valence-electron chi connectivity index (χ0n) is 8.22. The Morgan fingerprint density at radius 1 is 1.50 bits per heavy atom. The van der Waals surface area contributed by atoms with Gasteiger partial charge in [0.1, 0.15) is 0 Å². The van der Waals surface area contributed by atoms with Crippen LogP contribution in [0.4, 0.5) is 0 Å². The van der Waals surface area contributed by atoms with E-state index in [1.54, 1.807) is 0 Å². The van der Waals surface area contributed by atoms with Crippen molar-refractivity contribution in [1.29, 1.82) is 0 Å². The van der Waals surface area contributed by atoms with Gasteiger partial charge in [0.25, 0.3) is 0 Å². The van der Waals surface area contributed by atoms with Crippen LogP contribution in [0.2, 0.25) is 0 Å². The molecular formula is C9H19N3. The minimum atomic E-state index is 0.704. The lowest BCUT2D eigenvalue weighted by Gasteiger charge is -2.16. The number of hydrogen-bond acceptors (Lipinski definition) is 3. The fraction of sp³-hybridized carbons (Fsp3) is 0.889. The van der Waals surface area contributed by atoms with Crippen LogP contribution in [0.25, 0.3) is 0 Å². The molecule has 1 aliphatic heterocycles. The quantitative estimate of drug-likeness (QED) is 0.656. The van der Waals surface area contributed by atoms with Gasteiger partial charge in [0.2, 0.25) is 0 Å². The van der Waals surface area contributed by atoms with Gasteiger partial charge in [0.05, 0.1) is 6.54 Å². The number of rotatable bonds is 3. The molecule has 0 aromatic heterocycles. The lowest BCUT2D eigenvalue weighted by Crippen LogP contribution is -2.37. The van der Waals surface area contributed by atoms with Crippen molar-refractivity contribution in [3.8, 4) is 0 Å². The van der Waals surface area contributed by atoms with Crippen molar-refractivity contribution < 1.29 is 0 Å². The Bertz CT molecular complexity index is 163. The summed E-state index contributed by atoms with van der Waals surface area (Å²) < 4.78 is 0. The first-order chi connectivity index (χ1) is 5.70. The first-order valence-electron chi connectivity index (χ1n) is 4.72. The third kappa shape index (κ3) is 2.72. The van der Waals surface area contributed by atoms with E-state index in [0.29, 0.717) is 5.92 Å². The van der Waals surface area contributed by atoms with E-state index in [1.807, 2.05) is 0 Å². The van der Waals surface area contributed by atoms with Crippen molar-refractivity contribution >= 4 is 5.96 Å². The van der Waals surface area contributed by atoms with Crippen LogP contribution in [0.3, 0.4) is 0 Å². The Hall–Kier alpha value is -0.730. The van der Waals surface area contributed by atoms with Crippen LogP contribution < -0.4 is 10.6 Å². The van der Waals surface area contributed by atoms with E-state index < -0.39 is 0 Å². The number of hydrogen-bond donors (Lipinski definition) is 2. The predicted octanol–water partition coefficient (Wildman–Crippen LogP) is 0.827. The minimum absolute atomic E-state index is 0.704. The average molecular weight is 169 g/mol. The molecule has 12 heavy (non-hydrogen) atoms. The van der Waals surface area contributed by atoms with Crippen LogP contribution in [-0.4, -0.2) is 25.6 Å². The summed E-state index contributed by atoms with van der Waals surface area (Å²) >= 11 is 0. The Kier molecular flexibility index (Phi) is 3.38. The van der Waals surface area contributed by atoms with Gasteiger partial charge in [-0.15, -0.1) is 0 Å². The summed E-state index contributed by atoms with van der Waals surface area (Å²) in [6, 6.07) is 0. The molecule has 0 bridgehead atoms. The third-order valence-corrected chi connectivity index (χ3v) is 2.40. The van der Waals surface area contributed by atoms with E-state index in [0.717, 1.165) is 31.5 Å². The highest BCUT2D eigenvalue weighted by Gasteiger charge is 2.09. The number of aliphatic imine (C=N–C) groups is 1. The second kappa shape index (κ2) is 4.33. The van der Waals surface area contributed by atoms with Crippen LogP contribution in [-0.2, 0) is 0 Å². The monoisotopic (exact) mass is 169 g/mol. The molecule has 1 heterocycles. The number of nitrogens with one attached hydrogen (secondary N) is 2. The van der Waals surface area contributed by atoms with Crippen LogP contribution in [0.15, 0.2) is 4.99 Å². The molecule has 70 valence electrons. The highest BCUT2D eigenvalue weighted by molar-refractivity contribution is 5.81. The fourth-order valence-corrected chi connectivity index (χ4v) is 1.01. The molecular weight excluding hydrogens is 150 g/mol. The summed E-state index contributed by atoms with van der Waals surface area (Å²) in [5.41, 5.74) is 0. The van der Waals surface area contributed by atoms with Gasteiger partial charge in [0, 0.05) is 13.1 Å². The second-order valence-corrected chi connectivity index (χ2v) is 3.76. The molecule has 0 aromatic carbocycles. The molecule has 3 nitrogen and oxygen atoms in total. The molecule has 0 aliphatic carbocycles. The normalized spacial score (nSPS) is 18.8. The molecule has 0 aromatic rings. The summed E-state index contributed by atoms with van der Waals surface area (Å²) in [4.78, 5) is 4.26. The van der Waals surface area contributed by atoms with Gasteiger partial charge in [0.15, 0.2) is 5.96 Å². The lowest BCUT2D eigenvalue weighted by atomic mass is 9.98. The largest absolute Gasteiger partial charge is 0.356 e. The van der Waals surface area contributed by atoms with Gasteiger partial charge in [-0.05, 0) is 11.8 Å². The van der Waals surface area contributed by atoms with Crippen LogP contribution >= 0.6 is 0 Å².